The molecule has 1 radical (unpaired) electrons. The molecule has 3 aliphatic carbocycles. The molecule has 6 aliphatic rings. The van der Waals surface area contributed by atoms with Crippen LogP contribution in [-0.4, -0.2) is 67.8 Å². The van der Waals surface area contributed by atoms with E-state index in [2.05, 4.69) is 23.6 Å². The number of rotatable bonds is 10. The van der Waals surface area contributed by atoms with E-state index < -0.39 is 5.60 Å². The van der Waals surface area contributed by atoms with Crippen molar-refractivity contribution in [1.29, 1.82) is 0 Å². The van der Waals surface area contributed by atoms with Crippen molar-refractivity contribution in [2.75, 3.05) is 42.6 Å². The second kappa shape index (κ2) is 11.5. The van der Waals surface area contributed by atoms with Crippen LogP contribution in [0.4, 0.5) is 11.4 Å². The molecule has 241 valence electrons. The van der Waals surface area contributed by atoms with E-state index in [0.717, 1.165) is 76.0 Å². The van der Waals surface area contributed by atoms with Crippen molar-refractivity contribution in [3.05, 3.63) is 35.8 Å². The lowest BCUT2D eigenvalue weighted by molar-refractivity contribution is -0.132. The highest BCUT2D eigenvalue weighted by Crippen LogP contribution is 2.47. The second-order valence-electron chi connectivity index (χ2n) is 14.3. The first-order valence-corrected chi connectivity index (χ1v) is 16.8. The lowest BCUT2D eigenvalue weighted by Crippen LogP contribution is -2.53. The second-order valence-corrected chi connectivity index (χ2v) is 14.3. The molecule has 7 rings (SSSR count). The van der Waals surface area contributed by atoms with E-state index in [0.29, 0.717) is 37.7 Å². The summed E-state index contributed by atoms with van der Waals surface area (Å²) in [5.74, 6) is 2.09. The number of allylic oxidation sites excluding steroid dienone is 1. The van der Waals surface area contributed by atoms with E-state index >= 15 is 0 Å². The Bertz CT molecular complexity index is 1350. The molecule has 0 unspecified atom stereocenters. The summed E-state index contributed by atoms with van der Waals surface area (Å²) in [5, 5.41) is 6.83. The van der Waals surface area contributed by atoms with Gasteiger partial charge in [-0.15, -0.1) is 0 Å². The summed E-state index contributed by atoms with van der Waals surface area (Å²) in [6.07, 6.45) is 10.6. The molecule has 3 heterocycles. The van der Waals surface area contributed by atoms with E-state index in [1.54, 1.807) is 0 Å². The van der Waals surface area contributed by atoms with Crippen molar-refractivity contribution < 1.29 is 26.7 Å². The van der Waals surface area contributed by atoms with Crippen molar-refractivity contribution in [3.63, 3.8) is 0 Å². The number of amides is 3. The molecule has 0 bridgehead atoms. The van der Waals surface area contributed by atoms with Crippen molar-refractivity contribution in [2.45, 2.75) is 95.7 Å². The quantitative estimate of drug-likeness (QED) is 0.397. The van der Waals surface area contributed by atoms with Gasteiger partial charge in [0.05, 0.1) is 17.5 Å². The molecule has 2 atom stereocenters. The number of fused-ring (bicyclic) bond motifs is 1. The highest BCUT2D eigenvalue weighted by Gasteiger charge is 2.51. The Kier molecular flexibility index (Phi) is 7.76. The molecule has 3 aliphatic heterocycles. The van der Waals surface area contributed by atoms with Crippen LogP contribution in [0.25, 0.3) is 0 Å². The van der Waals surface area contributed by atoms with Crippen LogP contribution in [0.5, 0.6) is 5.75 Å². The third-order valence-electron chi connectivity index (χ3n) is 10.7. The Morgan fingerprint density at radius 1 is 1.11 bits per heavy atom. The van der Waals surface area contributed by atoms with Crippen LogP contribution < -0.4 is 25.2 Å². The largest absolute Gasteiger partial charge is 0.476 e. The van der Waals surface area contributed by atoms with Gasteiger partial charge in [0.2, 0.25) is 11.8 Å². The Morgan fingerprint density at radius 2 is 1.86 bits per heavy atom. The number of ether oxygens (including phenoxy) is 2. The number of nitrogens with one attached hydrogen (secondary N) is 2. The van der Waals surface area contributed by atoms with Gasteiger partial charge in [-0.3, -0.25) is 14.4 Å². The van der Waals surface area contributed by atoms with Gasteiger partial charge in [0, 0.05) is 58.9 Å². The number of anilines is 2. The fourth-order valence-electron chi connectivity index (χ4n) is 7.64. The molecule has 4 fully saturated rings. The SMILES string of the molecule is CC[C]1C=C1CCN1C(=O)C(C)(C)Oc2ccc(N(C(=O)[C@H]3CNC[C@@H](C(=O)NC4(C5CCOCC5)CC4)C3)C3CC3)cc21.[HH].[HH]. The van der Waals surface area contributed by atoms with Crippen LogP contribution in [0, 0.1) is 23.7 Å². The summed E-state index contributed by atoms with van der Waals surface area (Å²) < 4.78 is 11.7. The van der Waals surface area contributed by atoms with Gasteiger partial charge >= 0.3 is 0 Å². The zero-order chi connectivity index (χ0) is 30.6. The van der Waals surface area contributed by atoms with Gasteiger partial charge in [-0.25, -0.2) is 0 Å². The first kappa shape index (κ1) is 29.8. The van der Waals surface area contributed by atoms with Crippen LogP contribution in [0.1, 0.15) is 81.4 Å². The van der Waals surface area contributed by atoms with Gasteiger partial charge in [-0.1, -0.05) is 18.6 Å². The molecule has 9 nitrogen and oxygen atoms in total. The number of carbonyl (C=O) groups excluding carboxylic acids is 3. The molecule has 2 saturated heterocycles. The molecule has 9 heteroatoms. The molecule has 44 heavy (non-hydrogen) atoms. The maximum absolute atomic E-state index is 14.2. The van der Waals surface area contributed by atoms with E-state index in [-0.39, 0.29) is 44.0 Å². The summed E-state index contributed by atoms with van der Waals surface area (Å²) >= 11 is 0. The maximum Gasteiger partial charge on any atom is 0.270 e. The Balaban J connectivity index is 0.00000208. The van der Waals surface area contributed by atoms with Gasteiger partial charge in [0.15, 0.2) is 5.60 Å². The molecule has 1 aromatic carbocycles. The van der Waals surface area contributed by atoms with Crippen molar-refractivity contribution in [2.24, 2.45) is 17.8 Å². The van der Waals surface area contributed by atoms with Crippen molar-refractivity contribution >= 4 is 29.1 Å². The standard InChI is InChI=1S/C35H47N4O5.2H2/c1-4-22-17-23(22)9-14-38-29-19-28(7-8-30(29)44-34(2,3)33(38)42)39(27-5-6-27)32(41)25-18-24(20-36-21-25)31(40)37-35(12-13-35)26-10-15-43-16-11-26;;/h7-8,17,19,24-27,36H,4-6,9-16,18,20-21H2,1-3H3,(H,37,40);2*1H/t24-,25+;;/m0../s1. The van der Waals surface area contributed by atoms with E-state index in [1.807, 2.05) is 41.8 Å². The minimum atomic E-state index is -0.955. The zero-order valence-electron chi connectivity index (χ0n) is 26.5. The Morgan fingerprint density at radius 3 is 2.55 bits per heavy atom. The first-order valence-electron chi connectivity index (χ1n) is 16.8. The fraction of sp³-hybridized carbons (Fsp3) is 0.657. The molecule has 0 spiro atoms. The average Bonchev–Trinajstić information content (AvgIpc) is 3.89. The third kappa shape index (κ3) is 5.78. The molecular formula is C35H51N4O5. The lowest BCUT2D eigenvalue weighted by atomic mass is 9.86. The van der Waals surface area contributed by atoms with E-state index in [1.165, 1.54) is 11.5 Å². The smallest absolute Gasteiger partial charge is 0.270 e. The topological polar surface area (TPSA) is 100 Å². The molecule has 3 amide bonds. The van der Waals surface area contributed by atoms with Crippen LogP contribution in [-0.2, 0) is 19.1 Å². The van der Waals surface area contributed by atoms with Crippen molar-refractivity contribution in [3.8, 4) is 5.75 Å². The molecular weight excluding hydrogens is 556 g/mol. The van der Waals surface area contributed by atoms with Crippen LogP contribution in [0.2, 0.25) is 0 Å². The predicted octanol–water partition coefficient (Wildman–Crippen LogP) is 4.79. The van der Waals surface area contributed by atoms with Crippen LogP contribution in [0.3, 0.4) is 0 Å². The normalized spacial score (nSPS) is 27.6. The van der Waals surface area contributed by atoms with Gasteiger partial charge in [0.1, 0.15) is 5.75 Å². The number of hydrogen-bond acceptors (Lipinski definition) is 6. The predicted molar refractivity (Wildman–Crippen MR) is 173 cm³/mol. The van der Waals surface area contributed by atoms with Crippen LogP contribution >= 0.6 is 0 Å². The van der Waals surface area contributed by atoms with E-state index in [4.69, 9.17) is 9.47 Å². The monoisotopic (exact) mass is 607 g/mol. The first-order chi connectivity index (χ1) is 21.2. The van der Waals surface area contributed by atoms with Gasteiger partial charge in [-0.05, 0) is 95.8 Å². The Hall–Kier alpha value is -2.91. The summed E-state index contributed by atoms with van der Waals surface area (Å²) in [7, 11) is 0. The van der Waals surface area contributed by atoms with Crippen molar-refractivity contribution in [1.82, 2.24) is 10.6 Å². The summed E-state index contributed by atoms with van der Waals surface area (Å²) in [5.41, 5.74) is 1.83. The maximum atomic E-state index is 14.2. The van der Waals surface area contributed by atoms with E-state index in [9.17, 15) is 14.4 Å². The summed E-state index contributed by atoms with van der Waals surface area (Å²) in [4.78, 5) is 45.1. The lowest BCUT2D eigenvalue weighted by Gasteiger charge is -2.40. The number of piperidine rings is 1. The minimum absolute atomic E-state index is 0. The summed E-state index contributed by atoms with van der Waals surface area (Å²) in [6, 6.07) is 5.98. The summed E-state index contributed by atoms with van der Waals surface area (Å²) in [6.45, 7) is 9.07. The third-order valence-corrected chi connectivity index (χ3v) is 10.7. The molecule has 1 aromatic rings. The van der Waals surface area contributed by atoms with Gasteiger partial charge < -0.3 is 29.9 Å². The molecule has 2 N–H and O–H groups in total. The molecule has 0 aromatic heterocycles. The number of benzene rings is 1. The molecule has 2 saturated carbocycles. The van der Waals surface area contributed by atoms with Gasteiger partial charge in [-0.2, -0.15) is 0 Å². The number of hydrogen-bond donors (Lipinski definition) is 2. The Labute approximate surface area is 264 Å². The van der Waals surface area contributed by atoms with Crippen LogP contribution in [0.15, 0.2) is 29.8 Å². The minimum Gasteiger partial charge on any atom is -0.476 e. The zero-order valence-corrected chi connectivity index (χ0v) is 26.5. The van der Waals surface area contributed by atoms with Gasteiger partial charge in [0.25, 0.3) is 5.91 Å². The number of nitrogens with zero attached hydrogens (tertiary/aromatic N) is 2. The fourth-order valence-corrected chi connectivity index (χ4v) is 7.64. The highest BCUT2D eigenvalue weighted by molar-refractivity contribution is 6.04. The number of carbonyl (C=O) groups is 3. The average molecular weight is 608 g/mol. The highest BCUT2D eigenvalue weighted by atomic mass is 16.5.